The third-order valence-electron chi connectivity index (χ3n) is 5.73. The maximum atomic E-state index is 12.7. The first-order valence-corrected chi connectivity index (χ1v) is 13.1. The number of carbonyl (C=O) groups excluding carboxylic acids is 2. The summed E-state index contributed by atoms with van der Waals surface area (Å²) < 4.78 is 0. The molecule has 1 heterocycles. The number of carbonyl (C=O) groups is 2. The number of halogens is 2. The van der Waals surface area contributed by atoms with Gasteiger partial charge in [0.1, 0.15) is 0 Å². The highest BCUT2D eigenvalue weighted by Crippen LogP contribution is 2.34. The predicted molar refractivity (Wildman–Crippen MR) is 148 cm³/mol. The van der Waals surface area contributed by atoms with Crippen LogP contribution in [0.25, 0.3) is 11.6 Å². The molecule has 35 heavy (non-hydrogen) atoms. The van der Waals surface area contributed by atoms with Crippen molar-refractivity contribution >= 4 is 64.5 Å². The Balaban J connectivity index is 1.88. The van der Waals surface area contributed by atoms with Gasteiger partial charge in [0.05, 0.1) is 5.56 Å². The number of thioether (sulfide) groups is 1. The van der Waals surface area contributed by atoms with Crippen molar-refractivity contribution in [2.75, 3.05) is 12.3 Å². The maximum absolute atomic E-state index is 12.7. The van der Waals surface area contributed by atoms with Crippen LogP contribution in [0.5, 0.6) is 0 Å². The van der Waals surface area contributed by atoms with Crippen molar-refractivity contribution < 1.29 is 9.59 Å². The van der Waals surface area contributed by atoms with Crippen LogP contribution in [0.1, 0.15) is 58.2 Å². The Morgan fingerprint density at radius 1 is 1.17 bits per heavy atom. The third kappa shape index (κ3) is 6.51. The van der Waals surface area contributed by atoms with E-state index in [1.54, 1.807) is 23.9 Å². The fourth-order valence-electron chi connectivity index (χ4n) is 3.76. The van der Waals surface area contributed by atoms with Gasteiger partial charge in [0.2, 0.25) is 0 Å². The van der Waals surface area contributed by atoms with Crippen LogP contribution >= 0.6 is 35.0 Å². The van der Waals surface area contributed by atoms with Gasteiger partial charge in [-0.3, -0.25) is 9.59 Å². The van der Waals surface area contributed by atoms with Crippen LogP contribution in [0.2, 0.25) is 10.0 Å². The summed E-state index contributed by atoms with van der Waals surface area (Å²) in [6, 6.07) is 11.0. The lowest BCUT2D eigenvalue weighted by molar-refractivity contribution is -0.103. The Bertz CT molecular complexity index is 1250. The molecule has 0 saturated heterocycles. The number of unbranched alkanes of at least 4 members (excludes halogenated alkanes) is 1. The quantitative estimate of drug-likeness (QED) is 0.0859. The number of aromatic nitrogens is 1. The van der Waals surface area contributed by atoms with Crippen LogP contribution in [-0.4, -0.2) is 23.7 Å². The van der Waals surface area contributed by atoms with Crippen LogP contribution in [0.4, 0.5) is 5.69 Å². The maximum Gasteiger partial charge on any atom is 0.253 e. The molecule has 3 rings (SSSR count). The highest BCUT2D eigenvalue weighted by molar-refractivity contribution is 7.98. The van der Waals surface area contributed by atoms with E-state index in [9.17, 15) is 9.59 Å². The molecule has 3 aromatic rings. The Hall–Kier alpha value is -2.67. The largest absolute Gasteiger partial charge is 0.398 e. The van der Waals surface area contributed by atoms with Crippen molar-refractivity contribution in [1.82, 2.24) is 10.3 Å². The molecule has 0 aliphatic rings. The molecule has 0 fully saturated rings. The van der Waals surface area contributed by atoms with Gasteiger partial charge in [-0.1, -0.05) is 42.6 Å². The molecular weight excluding hydrogens is 501 g/mol. The van der Waals surface area contributed by atoms with Crippen LogP contribution in [0, 0.1) is 13.8 Å². The summed E-state index contributed by atoms with van der Waals surface area (Å²) in [5.41, 5.74) is 11.5. The van der Waals surface area contributed by atoms with E-state index < -0.39 is 0 Å². The number of allylic oxidation sites excluding steroid dienone is 1. The molecule has 0 unspecified atom stereocenters. The summed E-state index contributed by atoms with van der Waals surface area (Å²) in [5, 5.41) is 4.18. The van der Waals surface area contributed by atoms with Gasteiger partial charge in [-0.2, -0.15) is 0 Å². The van der Waals surface area contributed by atoms with Gasteiger partial charge in [0, 0.05) is 55.5 Å². The second-order valence-electron chi connectivity index (χ2n) is 8.23. The van der Waals surface area contributed by atoms with E-state index in [0.29, 0.717) is 50.4 Å². The van der Waals surface area contributed by atoms with Gasteiger partial charge in [-0.05, 0) is 67.8 Å². The van der Waals surface area contributed by atoms with Crippen molar-refractivity contribution in [3.8, 4) is 0 Å². The number of aldehydes is 1. The van der Waals surface area contributed by atoms with E-state index in [1.807, 2.05) is 44.2 Å². The molecule has 0 spiro atoms. The molecule has 0 saturated carbocycles. The number of benzene rings is 2. The van der Waals surface area contributed by atoms with E-state index in [0.717, 1.165) is 40.8 Å². The second kappa shape index (κ2) is 12.3. The average molecular weight is 531 g/mol. The summed E-state index contributed by atoms with van der Waals surface area (Å²) in [6.45, 7) is 6.43. The SMILES string of the molecule is CCCCNC(=O)c1c(C)[nH]c(/C=C(\C=O)c2cc(SCc3c(Cl)cccc3Cl)ccc2N)c1C. The predicted octanol–water partition coefficient (Wildman–Crippen LogP) is 7.08. The zero-order chi connectivity index (χ0) is 25.5. The van der Waals surface area contributed by atoms with Crippen LogP contribution in [0.15, 0.2) is 41.3 Å². The van der Waals surface area contributed by atoms with Gasteiger partial charge in [-0.25, -0.2) is 0 Å². The first kappa shape index (κ1) is 26.9. The Labute approximate surface area is 220 Å². The second-order valence-corrected chi connectivity index (χ2v) is 10.1. The van der Waals surface area contributed by atoms with Crippen molar-refractivity contribution in [2.24, 2.45) is 0 Å². The minimum absolute atomic E-state index is 0.117. The zero-order valence-electron chi connectivity index (χ0n) is 20.0. The molecule has 0 atom stereocenters. The lowest BCUT2D eigenvalue weighted by Crippen LogP contribution is -2.25. The van der Waals surface area contributed by atoms with Crippen molar-refractivity contribution in [1.29, 1.82) is 0 Å². The Kier molecular flexibility index (Phi) is 9.49. The summed E-state index contributed by atoms with van der Waals surface area (Å²) in [4.78, 5) is 28.9. The van der Waals surface area contributed by atoms with Crippen molar-refractivity contribution in [3.05, 3.63) is 80.1 Å². The van der Waals surface area contributed by atoms with Gasteiger partial charge < -0.3 is 16.0 Å². The molecule has 8 heteroatoms. The zero-order valence-corrected chi connectivity index (χ0v) is 22.3. The third-order valence-corrected chi connectivity index (χ3v) is 7.46. The highest BCUT2D eigenvalue weighted by Gasteiger charge is 2.18. The smallest absolute Gasteiger partial charge is 0.253 e. The number of anilines is 1. The molecule has 5 nitrogen and oxygen atoms in total. The molecular formula is C27H29Cl2N3O2S. The fourth-order valence-corrected chi connectivity index (χ4v) is 5.43. The summed E-state index contributed by atoms with van der Waals surface area (Å²) in [5.74, 6) is 0.459. The number of H-pyrrole nitrogens is 1. The first-order valence-electron chi connectivity index (χ1n) is 11.4. The lowest BCUT2D eigenvalue weighted by Gasteiger charge is -2.10. The normalized spacial score (nSPS) is 11.5. The molecule has 0 radical (unpaired) electrons. The van der Waals surface area contributed by atoms with Crippen LogP contribution in [-0.2, 0) is 10.5 Å². The van der Waals surface area contributed by atoms with E-state index in [1.165, 1.54) is 0 Å². The summed E-state index contributed by atoms with van der Waals surface area (Å²) in [7, 11) is 0. The highest BCUT2D eigenvalue weighted by atomic mass is 35.5. The minimum Gasteiger partial charge on any atom is -0.398 e. The monoisotopic (exact) mass is 529 g/mol. The molecule has 1 aromatic heterocycles. The van der Waals surface area contributed by atoms with Crippen LogP contribution in [0.3, 0.4) is 0 Å². The van der Waals surface area contributed by atoms with Gasteiger partial charge in [-0.15, -0.1) is 11.8 Å². The lowest BCUT2D eigenvalue weighted by atomic mass is 10.0. The van der Waals surface area contributed by atoms with Crippen molar-refractivity contribution in [2.45, 2.75) is 44.3 Å². The first-order chi connectivity index (χ1) is 16.8. The van der Waals surface area contributed by atoms with E-state index in [-0.39, 0.29) is 5.91 Å². The van der Waals surface area contributed by atoms with E-state index >= 15 is 0 Å². The molecule has 1 amide bonds. The standard InChI is InChI=1S/C27H29Cl2N3O2S/c1-4-5-11-31-27(34)26-16(2)25(32-17(26)3)12-18(14-33)20-13-19(9-10-24(20)30)35-15-21-22(28)7-6-8-23(21)29/h6-10,12-14,32H,4-5,11,15,30H2,1-3H3,(H,31,34)/b18-12+. The van der Waals surface area contributed by atoms with Gasteiger partial charge >= 0.3 is 0 Å². The van der Waals surface area contributed by atoms with E-state index in [2.05, 4.69) is 17.2 Å². The fraction of sp³-hybridized carbons (Fsp3) is 0.259. The Morgan fingerprint density at radius 2 is 1.89 bits per heavy atom. The molecule has 0 aliphatic carbocycles. The number of aryl methyl sites for hydroxylation is 1. The summed E-state index contributed by atoms with van der Waals surface area (Å²) in [6.07, 6.45) is 4.45. The van der Waals surface area contributed by atoms with Gasteiger partial charge in [0.25, 0.3) is 5.91 Å². The number of aromatic amines is 1. The van der Waals surface area contributed by atoms with Crippen LogP contribution < -0.4 is 11.1 Å². The number of amides is 1. The molecule has 0 aliphatic heterocycles. The number of nitrogen functional groups attached to an aromatic ring is 1. The number of nitrogens with one attached hydrogen (secondary N) is 2. The summed E-state index contributed by atoms with van der Waals surface area (Å²) >= 11 is 14.1. The molecule has 4 N–H and O–H groups in total. The Morgan fingerprint density at radius 3 is 2.54 bits per heavy atom. The van der Waals surface area contributed by atoms with Gasteiger partial charge in [0.15, 0.2) is 6.29 Å². The number of hydrogen-bond donors (Lipinski definition) is 3. The molecule has 184 valence electrons. The topological polar surface area (TPSA) is 88.0 Å². The number of hydrogen-bond acceptors (Lipinski definition) is 4. The van der Waals surface area contributed by atoms with E-state index in [4.69, 9.17) is 28.9 Å². The number of rotatable bonds is 10. The minimum atomic E-state index is -0.117. The van der Waals surface area contributed by atoms with Crippen molar-refractivity contribution in [3.63, 3.8) is 0 Å². The molecule has 2 aromatic carbocycles. The average Bonchev–Trinajstić information content (AvgIpc) is 3.11. The molecule has 0 bridgehead atoms. The number of nitrogens with two attached hydrogens (primary N) is 1.